The summed E-state index contributed by atoms with van der Waals surface area (Å²) in [5, 5.41) is 12.4. The van der Waals surface area contributed by atoms with E-state index in [9.17, 15) is 4.79 Å². The number of thioether (sulfide) groups is 1. The van der Waals surface area contributed by atoms with Gasteiger partial charge in [-0.15, -0.1) is 5.10 Å². The van der Waals surface area contributed by atoms with Gasteiger partial charge in [-0.2, -0.15) is 0 Å². The standard InChI is InChI=1S/C15H20N6OS/c1-19(2)10-11-21-15(16-17-18-21)23-13-8-9-20(14(13)22)12-6-4-3-5-7-12/h3-7,13H,8-11H2,1-2H3/t13-/m0/s1. The number of hydrogen-bond donors (Lipinski definition) is 0. The van der Waals surface area contributed by atoms with Gasteiger partial charge in [0.05, 0.1) is 11.8 Å². The van der Waals surface area contributed by atoms with Crippen LogP contribution in [0, 0.1) is 0 Å². The van der Waals surface area contributed by atoms with Crippen LogP contribution in [0.25, 0.3) is 0 Å². The molecule has 8 heteroatoms. The molecule has 1 aliphatic heterocycles. The topological polar surface area (TPSA) is 67.2 Å². The zero-order chi connectivity index (χ0) is 16.2. The minimum absolute atomic E-state index is 0.126. The molecule has 7 nitrogen and oxygen atoms in total. The highest BCUT2D eigenvalue weighted by atomic mass is 32.2. The van der Waals surface area contributed by atoms with Gasteiger partial charge in [0.15, 0.2) is 0 Å². The van der Waals surface area contributed by atoms with E-state index in [0.29, 0.717) is 11.7 Å². The Labute approximate surface area is 139 Å². The number of benzene rings is 1. The summed E-state index contributed by atoms with van der Waals surface area (Å²) in [6.07, 6.45) is 0.804. The third-order valence-electron chi connectivity index (χ3n) is 3.73. The van der Waals surface area contributed by atoms with Crippen LogP contribution in [-0.4, -0.2) is 63.4 Å². The number of rotatable bonds is 6. The van der Waals surface area contributed by atoms with Crippen molar-refractivity contribution in [1.29, 1.82) is 0 Å². The molecule has 2 heterocycles. The third kappa shape index (κ3) is 3.70. The van der Waals surface area contributed by atoms with Crippen molar-refractivity contribution in [3.05, 3.63) is 30.3 Å². The number of carbonyl (C=O) groups excluding carboxylic acids is 1. The molecule has 0 N–H and O–H groups in total. The second-order valence-electron chi connectivity index (χ2n) is 5.71. The van der Waals surface area contributed by atoms with Gasteiger partial charge in [0.25, 0.3) is 0 Å². The first kappa shape index (κ1) is 15.9. The number of carbonyl (C=O) groups is 1. The average Bonchev–Trinajstić information content (AvgIpc) is 3.14. The Balaban J connectivity index is 1.66. The molecule has 0 radical (unpaired) electrons. The number of hydrogen-bond acceptors (Lipinski definition) is 6. The molecule has 0 bridgehead atoms. The quantitative estimate of drug-likeness (QED) is 0.790. The minimum Gasteiger partial charge on any atom is -0.311 e. The highest BCUT2D eigenvalue weighted by Crippen LogP contribution is 2.31. The Kier molecular flexibility index (Phi) is 4.92. The number of nitrogens with zero attached hydrogens (tertiary/aromatic N) is 6. The SMILES string of the molecule is CN(C)CCn1nnnc1S[C@H]1CCN(c2ccccc2)C1=O. The normalized spacial score (nSPS) is 18.1. The number of likely N-dealkylation sites (N-methyl/N-ethyl adjacent to an activating group) is 1. The van der Waals surface area contributed by atoms with Crippen molar-refractivity contribution in [3.8, 4) is 0 Å². The summed E-state index contributed by atoms with van der Waals surface area (Å²) < 4.78 is 1.77. The van der Waals surface area contributed by atoms with E-state index in [1.54, 1.807) is 4.68 Å². The largest absolute Gasteiger partial charge is 0.311 e. The van der Waals surface area contributed by atoms with E-state index < -0.39 is 0 Å². The van der Waals surface area contributed by atoms with E-state index in [1.165, 1.54) is 11.8 Å². The molecule has 1 aromatic carbocycles. The van der Waals surface area contributed by atoms with Gasteiger partial charge in [-0.05, 0) is 43.1 Å². The Morgan fingerprint density at radius 3 is 2.83 bits per heavy atom. The fraction of sp³-hybridized carbons (Fsp3) is 0.467. The summed E-state index contributed by atoms with van der Waals surface area (Å²) in [6, 6.07) is 9.78. The maximum absolute atomic E-state index is 12.6. The van der Waals surface area contributed by atoms with Crippen molar-refractivity contribution in [3.63, 3.8) is 0 Å². The Hall–Kier alpha value is -1.93. The second-order valence-corrected chi connectivity index (χ2v) is 6.88. The van der Waals surface area contributed by atoms with Crippen molar-refractivity contribution in [1.82, 2.24) is 25.1 Å². The van der Waals surface area contributed by atoms with Crippen LogP contribution in [0.2, 0.25) is 0 Å². The number of anilines is 1. The van der Waals surface area contributed by atoms with Crippen LogP contribution in [0.15, 0.2) is 35.5 Å². The number of tetrazole rings is 1. The lowest BCUT2D eigenvalue weighted by Gasteiger charge is -2.16. The Bertz CT molecular complexity index is 659. The molecule has 2 aromatic rings. The zero-order valence-corrected chi connectivity index (χ0v) is 14.1. The van der Waals surface area contributed by atoms with Crippen LogP contribution < -0.4 is 4.90 Å². The summed E-state index contributed by atoms with van der Waals surface area (Å²) in [5.41, 5.74) is 0.952. The van der Waals surface area contributed by atoms with E-state index in [-0.39, 0.29) is 11.2 Å². The number of amides is 1. The van der Waals surface area contributed by atoms with Crippen molar-refractivity contribution in [2.24, 2.45) is 0 Å². The number of para-hydroxylation sites is 1. The van der Waals surface area contributed by atoms with Crippen molar-refractivity contribution in [2.75, 3.05) is 32.1 Å². The summed E-state index contributed by atoms with van der Waals surface area (Å²) in [4.78, 5) is 16.5. The summed E-state index contributed by atoms with van der Waals surface area (Å²) >= 11 is 1.46. The van der Waals surface area contributed by atoms with Gasteiger partial charge in [-0.3, -0.25) is 4.79 Å². The molecule has 0 saturated carbocycles. The van der Waals surface area contributed by atoms with Gasteiger partial charge < -0.3 is 9.80 Å². The van der Waals surface area contributed by atoms with E-state index in [4.69, 9.17) is 0 Å². The fourth-order valence-corrected chi connectivity index (χ4v) is 3.51. The van der Waals surface area contributed by atoms with Crippen LogP contribution >= 0.6 is 11.8 Å². The highest BCUT2D eigenvalue weighted by Gasteiger charge is 2.34. The van der Waals surface area contributed by atoms with Crippen molar-refractivity contribution in [2.45, 2.75) is 23.4 Å². The molecule has 1 atom stereocenters. The molecular weight excluding hydrogens is 312 g/mol. The van der Waals surface area contributed by atoms with Gasteiger partial charge in [0.2, 0.25) is 11.1 Å². The highest BCUT2D eigenvalue weighted by molar-refractivity contribution is 8.00. The summed E-state index contributed by atoms with van der Waals surface area (Å²) in [7, 11) is 4.02. The fourth-order valence-electron chi connectivity index (χ4n) is 2.47. The lowest BCUT2D eigenvalue weighted by atomic mass is 10.3. The van der Waals surface area contributed by atoms with Crippen LogP contribution in [0.4, 0.5) is 5.69 Å². The van der Waals surface area contributed by atoms with Gasteiger partial charge in [0.1, 0.15) is 0 Å². The molecule has 1 amide bonds. The van der Waals surface area contributed by atoms with E-state index in [1.807, 2.05) is 49.3 Å². The molecule has 0 spiro atoms. The maximum atomic E-state index is 12.6. The Morgan fingerprint density at radius 1 is 1.30 bits per heavy atom. The molecule has 23 heavy (non-hydrogen) atoms. The molecule has 1 fully saturated rings. The predicted octanol–water partition coefficient (Wildman–Crippen LogP) is 1.13. The van der Waals surface area contributed by atoms with Crippen LogP contribution in [0.5, 0.6) is 0 Å². The van der Waals surface area contributed by atoms with E-state index >= 15 is 0 Å². The monoisotopic (exact) mass is 332 g/mol. The molecular formula is C15H20N6OS. The summed E-state index contributed by atoms with van der Waals surface area (Å²) in [6.45, 7) is 2.30. The Morgan fingerprint density at radius 2 is 2.09 bits per heavy atom. The van der Waals surface area contributed by atoms with Crippen LogP contribution in [-0.2, 0) is 11.3 Å². The first-order valence-electron chi connectivity index (χ1n) is 7.59. The van der Waals surface area contributed by atoms with Crippen LogP contribution in [0.1, 0.15) is 6.42 Å². The van der Waals surface area contributed by atoms with E-state index in [2.05, 4.69) is 20.4 Å². The predicted molar refractivity (Wildman–Crippen MR) is 89.4 cm³/mol. The summed E-state index contributed by atoms with van der Waals surface area (Å²) in [5.74, 6) is 0.128. The molecule has 122 valence electrons. The molecule has 0 unspecified atom stereocenters. The second kappa shape index (κ2) is 7.10. The molecule has 1 aromatic heterocycles. The van der Waals surface area contributed by atoms with Gasteiger partial charge in [0, 0.05) is 18.8 Å². The van der Waals surface area contributed by atoms with Crippen LogP contribution in [0.3, 0.4) is 0 Å². The van der Waals surface area contributed by atoms with Gasteiger partial charge >= 0.3 is 0 Å². The lowest BCUT2D eigenvalue weighted by molar-refractivity contribution is -0.116. The average molecular weight is 332 g/mol. The zero-order valence-electron chi connectivity index (χ0n) is 13.3. The molecule has 3 rings (SSSR count). The minimum atomic E-state index is -0.126. The van der Waals surface area contributed by atoms with Gasteiger partial charge in [-0.1, -0.05) is 30.0 Å². The smallest absolute Gasteiger partial charge is 0.240 e. The maximum Gasteiger partial charge on any atom is 0.240 e. The van der Waals surface area contributed by atoms with E-state index in [0.717, 1.165) is 25.2 Å². The molecule has 1 saturated heterocycles. The molecule has 1 aliphatic rings. The first-order valence-corrected chi connectivity index (χ1v) is 8.47. The third-order valence-corrected chi connectivity index (χ3v) is 4.96. The molecule has 0 aliphatic carbocycles. The first-order chi connectivity index (χ1) is 11.1. The van der Waals surface area contributed by atoms with Crippen molar-refractivity contribution < 1.29 is 4.79 Å². The number of aromatic nitrogens is 4. The van der Waals surface area contributed by atoms with Crippen molar-refractivity contribution >= 4 is 23.4 Å². The lowest BCUT2D eigenvalue weighted by Crippen LogP contribution is -2.28. The van der Waals surface area contributed by atoms with Gasteiger partial charge in [-0.25, -0.2) is 4.68 Å².